The Morgan fingerprint density at radius 2 is 1.39 bits per heavy atom. The summed E-state index contributed by atoms with van der Waals surface area (Å²) in [5.41, 5.74) is 12.9. The van der Waals surface area contributed by atoms with Gasteiger partial charge in [-0.2, -0.15) is 0 Å². The first-order chi connectivity index (χ1) is 17.6. The summed E-state index contributed by atoms with van der Waals surface area (Å²) in [4.78, 5) is 14.2. The zero-order valence-corrected chi connectivity index (χ0v) is 20.1. The Hall–Kier alpha value is -4.64. The lowest BCUT2D eigenvalue weighted by molar-refractivity contribution is 0.910. The fourth-order valence-electron chi connectivity index (χ4n) is 4.18. The van der Waals surface area contributed by atoms with Gasteiger partial charge in [-0.15, -0.1) is 0 Å². The van der Waals surface area contributed by atoms with E-state index in [-0.39, 0.29) is 5.84 Å². The van der Waals surface area contributed by atoms with Crippen LogP contribution in [-0.4, -0.2) is 20.8 Å². The molecule has 4 aromatic rings. The molecule has 176 valence electrons. The molecule has 36 heavy (non-hydrogen) atoms. The standard InChI is InChI=1S/C31H27N5/c1-2-28-34-30(23-9-4-3-5-10-23)36-31(35-28)27-16-8-15-26(20-27)25-14-7-13-24(19-25)21-11-6-12-22(18-17-21)29(32)33/h3-17,19-20H,2,18H2,1H3,(H3,32,33). The highest BCUT2D eigenvalue weighted by Crippen LogP contribution is 2.29. The maximum Gasteiger partial charge on any atom is 0.163 e. The molecular formula is C31H27N5. The predicted molar refractivity (Wildman–Crippen MR) is 147 cm³/mol. The summed E-state index contributed by atoms with van der Waals surface area (Å²) in [6.45, 7) is 2.06. The van der Waals surface area contributed by atoms with E-state index in [1.807, 2.05) is 54.6 Å². The zero-order chi connectivity index (χ0) is 24.9. The van der Waals surface area contributed by atoms with Crippen LogP contribution in [0.5, 0.6) is 0 Å². The van der Waals surface area contributed by atoms with Gasteiger partial charge in [0.05, 0.1) is 0 Å². The maximum atomic E-state index is 7.71. The molecular weight excluding hydrogens is 442 g/mol. The van der Waals surface area contributed by atoms with Crippen molar-refractivity contribution in [3.63, 3.8) is 0 Å². The molecule has 5 heteroatoms. The van der Waals surface area contributed by atoms with Crippen LogP contribution in [0.15, 0.2) is 109 Å². The van der Waals surface area contributed by atoms with Crippen molar-refractivity contribution in [1.82, 2.24) is 15.0 Å². The normalized spacial score (nSPS) is 13.0. The third-order valence-corrected chi connectivity index (χ3v) is 6.14. The molecule has 3 aromatic carbocycles. The van der Waals surface area contributed by atoms with E-state index in [4.69, 9.17) is 21.1 Å². The van der Waals surface area contributed by atoms with Gasteiger partial charge >= 0.3 is 0 Å². The fourth-order valence-corrected chi connectivity index (χ4v) is 4.18. The topological polar surface area (TPSA) is 88.5 Å². The second-order valence-corrected chi connectivity index (χ2v) is 8.61. The number of benzene rings is 3. The van der Waals surface area contributed by atoms with E-state index < -0.39 is 0 Å². The molecule has 0 bridgehead atoms. The number of aryl methyl sites for hydroxylation is 1. The monoisotopic (exact) mass is 469 g/mol. The van der Waals surface area contributed by atoms with Gasteiger partial charge in [0, 0.05) is 17.5 Å². The summed E-state index contributed by atoms with van der Waals surface area (Å²) >= 11 is 0. The number of amidine groups is 1. The van der Waals surface area contributed by atoms with E-state index in [1.54, 1.807) is 0 Å². The number of nitrogens with one attached hydrogen (secondary N) is 1. The van der Waals surface area contributed by atoms with Crippen LogP contribution in [0.1, 0.15) is 24.7 Å². The molecule has 0 unspecified atom stereocenters. The molecule has 0 saturated heterocycles. The number of aromatic nitrogens is 3. The van der Waals surface area contributed by atoms with E-state index in [9.17, 15) is 0 Å². The molecule has 1 aliphatic rings. The SMILES string of the molecule is CCc1nc(-c2ccccc2)nc(-c2cccc(-c3cccc(C4=CCC(C(=N)N)=CC=C4)c3)c2)n1. The minimum absolute atomic E-state index is 0.114. The van der Waals surface area contributed by atoms with Crippen molar-refractivity contribution in [3.05, 3.63) is 120 Å². The van der Waals surface area contributed by atoms with Gasteiger partial charge in [0.15, 0.2) is 11.6 Å². The van der Waals surface area contributed by atoms with Gasteiger partial charge in [-0.05, 0) is 46.4 Å². The molecule has 1 aromatic heterocycles. The smallest absolute Gasteiger partial charge is 0.163 e. The third-order valence-electron chi connectivity index (χ3n) is 6.14. The third kappa shape index (κ3) is 5.05. The average molecular weight is 470 g/mol. The Balaban J connectivity index is 1.49. The Bertz CT molecular complexity index is 1510. The van der Waals surface area contributed by atoms with Gasteiger partial charge in [0.25, 0.3) is 0 Å². The van der Waals surface area contributed by atoms with Crippen molar-refractivity contribution in [2.24, 2.45) is 5.73 Å². The Morgan fingerprint density at radius 1 is 0.778 bits per heavy atom. The predicted octanol–water partition coefficient (Wildman–Crippen LogP) is 6.64. The lowest BCUT2D eigenvalue weighted by Gasteiger charge is -2.10. The molecule has 0 radical (unpaired) electrons. The van der Waals surface area contributed by atoms with Crippen LogP contribution in [0.4, 0.5) is 0 Å². The Kier molecular flexibility index (Phi) is 6.63. The number of nitrogens with zero attached hydrogens (tertiary/aromatic N) is 3. The first-order valence-corrected chi connectivity index (χ1v) is 12.0. The van der Waals surface area contributed by atoms with Crippen molar-refractivity contribution in [3.8, 4) is 33.9 Å². The molecule has 0 aliphatic heterocycles. The quantitative estimate of drug-likeness (QED) is 0.245. The number of hydrogen-bond acceptors (Lipinski definition) is 4. The molecule has 5 nitrogen and oxygen atoms in total. The van der Waals surface area contributed by atoms with Crippen molar-refractivity contribution >= 4 is 11.4 Å². The molecule has 1 aliphatic carbocycles. The van der Waals surface area contributed by atoms with E-state index >= 15 is 0 Å². The van der Waals surface area contributed by atoms with E-state index in [1.165, 1.54) is 0 Å². The van der Waals surface area contributed by atoms with Gasteiger partial charge in [0.1, 0.15) is 11.7 Å². The Labute approximate surface area is 211 Å². The van der Waals surface area contributed by atoms with Gasteiger partial charge < -0.3 is 5.73 Å². The van der Waals surface area contributed by atoms with Gasteiger partial charge in [-0.3, -0.25) is 5.41 Å². The van der Waals surface area contributed by atoms with Gasteiger partial charge in [-0.1, -0.05) is 98.0 Å². The summed E-state index contributed by atoms with van der Waals surface area (Å²) < 4.78 is 0. The number of rotatable bonds is 6. The van der Waals surface area contributed by atoms with Crippen molar-refractivity contribution in [2.45, 2.75) is 19.8 Å². The summed E-state index contributed by atoms with van der Waals surface area (Å²) in [6, 6.07) is 26.8. The molecule has 0 amide bonds. The molecule has 0 fully saturated rings. The molecule has 0 saturated carbocycles. The van der Waals surface area contributed by atoms with E-state index in [2.05, 4.69) is 60.5 Å². The first-order valence-electron chi connectivity index (χ1n) is 12.0. The minimum Gasteiger partial charge on any atom is -0.384 e. The first kappa shape index (κ1) is 23.1. The van der Waals surface area contributed by atoms with E-state index in [0.717, 1.165) is 51.2 Å². The molecule has 3 N–H and O–H groups in total. The van der Waals surface area contributed by atoms with Crippen LogP contribution < -0.4 is 5.73 Å². The van der Waals surface area contributed by atoms with Crippen molar-refractivity contribution < 1.29 is 0 Å². The molecule has 0 atom stereocenters. The second-order valence-electron chi connectivity index (χ2n) is 8.61. The summed E-state index contributed by atoms with van der Waals surface area (Å²) in [5, 5.41) is 7.71. The minimum atomic E-state index is 0.114. The van der Waals surface area contributed by atoms with E-state index in [0.29, 0.717) is 18.1 Å². The van der Waals surface area contributed by atoms with Crippen LogP contribution in [0.25, 0.3) is 39.5 Å². The maximum absolute atomic E-state index is 7.71. The fraction of sp³-hybridized carbons (Fsp3) is 0.0968. The average Bonchev–Trinajstić information content (AvgIpc) is 3.20. The van der Waals surface area contributed by atoms with Gasteiger partial charge in [0.2, 0.25) is 0 Å². The number of nitrogens with two attached hydrogens (primary N) is 1. The van der Waals surface area contributed by atoms with Crippen LogP contribution in [0, 0.1) is 5.41 Å². The van der Waals surface area contributed by atoms with Crippen molar-refractivity contribution in [2.75, 3.05) is 0 Å². The highest BCUT2D eigenvalue weighted by molar-refractivity contribution is 5.96. The Morgan fingerprint density at radius 3 is 2.08 bits per heavy atom. The highest BCUT2D eigenvalue weighted by Gasteiger charge is 2.11. The molecule has 5 rings (SSSR count). The van der Waals surface area contributed by atoms with Crippen LogP contribution >= 0.6 is 0 Å². The van der Waals surface area contributed by atoms with Gasteiger partial charge in [-0.25, -0.2) is 15.0 Å². The van der Waals surface area contributed by atoms with Crippen LogP contribution in [0.3, 0.4) is 0 Å². The summed E-state index contributed by atoms with van der Waals surface area (Å²) in [5.74, 6) is 2.26. The summed E-state index contributed by atoms with van der Waals surface area (Å²) in [7, 11) is 0. The number of allylic oxidation sites excluding steroid dienone is 5. The molecule has 0 spiro atoms. The second kappa shape index (κ2) is 10.3. The lowest BCUT2D eigenvalue weighted by atomic mass is 9.97. The number of hydrogen-bond donors (Lipinski definition) is 2. The zero-order valence-electron chi connectivity index (χ0n) is 20.1. The lowest BCUT2D eigenvalue weighted by Crippen LogP contribution is -2.12. The van der Waals surface area contributed by atoms with Crippen LogP contribution in [-0.2, 0) is 6.42 Å². The summed E-state index contributed by atoms with van der Waals surface area (Å²) in [6.07, 6.45) is 9.42. The van der Waals surface area contributed by atoms with Crippen molar-refractivity contribution in [1.29, 1.82) is 5.41 Å². The molecule has 1 heterocycles. The largest absolute Gasteiger partial charge is 0.384 e. The van der Waals surface area contributed by atoms with Crippen LogP contribution in [0.2, 0.25) is 0 Å². The highest BCUT2D eigenvalue weighted by atomic mass is 15.0.